The van der Waals surface area contributed by atoms with Gasteiger partial charge < -0.3 is 14.0 Å². The molecule has 2 unspecified atom stereocenters. The van der Waals surface area contributed by atoms with Crippen molar-refractivity contribution >= 4 is 0 Å². The van der Waals surface area contributed by atoms with Crippen LogP contribution in [0.15, 0.2) is 24.8 Å². The normalized spacial score (nSPS) is 26.3. The number of benzene rings is 1. The van der Waals surface area contributed by atoms with Crippen LogP contribution in [0.1, 0.15) is 48.1 Å². The number of aromatic nitrogens is 2. The second-order valence-corrected chi connectivity index (χ2v) is 7.53. The summed E-state index contributed by atoms with van der Waals surface area (Å²) < 4.78 is 14.7. The summed E-state index contributed by atoms with van der Waals surface area (Å²) in [5.41, 5.74) is 6.93. The van der Waals surface area contributed by atoms with Gasteiger partial charge in [0.1, 0.15) is 0 Å². The van der Waals surface area contributed by atoms with E-state index < -0.39 is 5.79 Å². The summed E-state index contributed by atoms with van der Waals surface area (Å²) in [4.78, 5) is 4.15. The lowest BCUT2D eigenvalue weighted by Crippen LogP contribution is -2.37. The minimum Gasteiger partial charge on any atom is -0.342 e. The van der Waals surface area contributed by atoms with E-state index in [1.807, 2.05) is 17.1 Å². The van der Waals surface area contributed by atoms with Crippen LogP contribution in [-0.4, -0.2) is 27.5 Å². The molecule has 1 aromatic carbocycles. The smallest absolute Gasteiger partial charge is 0.187 e. The van der Waals surface area contributed by atoms with Crippen LogP contribution in [0.5, 0.6) is 0 Å². The standard InChI is InChI=1S/C21H30N2O2/c1-14-11-15(2)17(4)20(16(14)3)7-8-21(12-23-10-9-22-13-23)24-18(5)19(6)25-21/h9-11,13,18-19H,7-8,12H2,1-6H3. The van der Waals surface area contributed by atoms with Gasteiger partial charge in [0.15, 0.2) is 5.79 Å². The van der Waals surface area contributed by atoms with Gasteiger partial charge in [-0.25, -0.2) is 4.98 Å². The van der Waals surface area contributed by atoms with Gasteiger partial charge in [0.2, 0.25) is 0 Å². The lowest BCUT2D eigenvalue weighted by molar-refractivity contribution is -0.186. The highest BCUT2D eigenvalue weighted by atomic mass is 16.8. The van der Waals surface area contributed by atoms with Crippen molar-refractivity contribution in [3.8, 4) is 0 Å². The molecule has 0 radical (unpaired) electrons. The Balaban J connectivity index is 1.85. The number of ether oxygens (including phenoxy) is 2. The number of nitrogens with zero attached hydrogens (tertiary/aromatic N) is 2. The van der Waals surface area contributed by atoms with Crippen molar-refractivity contribution < 1.29 is 9.47 Å². The summed E-state index contributed by atoms with van der Waals surface area (Å²) in [6, 6.07) is 2.28. The van der Waals surface area contributed by atoms with Gasteiger partial charge in [0, 0.05) is 18.8 Å². The predicted molar refractivity (Wildman–Crippen MR) is 99.8 cm³/mol. The van der Waals surface area contributed by atoms with E-state index in [-0.39, 0.29) is 12.2 Å². The zero-order valence-corrected chi connectivity index (χ0v) is 16.3. The number of rotatable bonds is 5. The van der Waals surface area contributed by atoms with Crippen molar-refractivity contribution in [2.24, 2.45) is 0 Å². The average molecular weight is 342 g/mol. The maximum Gasteiger partial charge on any atom is 0.187 e. The third-order valence-corrected chi connectivity index (χ3v) is 5.72. The molecule has 0 bridgehead atoms. The largest absolute Gasteiger partial charge is 0.342 e. The van der Waals surface area contributed by atoms with Gasteiger partial charge in [-0.3, -0.25) is 0 Å². The van der Waals surface area contributed by atoms with Crippen molar-refractivity contribution in [3.63, 3.8) is 0 Å². The number of hydrogen-bond donors (Lipinski definition) is 0. The molecule has 1 saturated heterocycles. The van der Waals surface area contributed by atoms with Gasteiger partial charge in [0.25, 0.3) is 0 Å². The first-order valence-corrected chi connectivity index (χ1v) is 9.19. The summed E-state index contributed by atoms with van der Waals surface area (Å²) in [6.07, 6.45) is 7.59. The molecule has 2 aromatic rings. The summed E-state index contributed by atoms with van der Waals surface area (Å²) in [6.45, 7) is 13.7. The van der Waals surface area contributed by atoms with Gasteiger partial charge in [0.05, 0.1) is 25.1 Å². The Labute approximate surface area is 151 Å². The number of imidazole rings is 1. The minimum absolute atomic E-state index is 0.102. The fourth-order valence-electron chi connectivity index (χ4n) is 3.82. The molecule has 1 aliphatic rings. The van der Waals surface area contributed by atoms with Gasteiger partial charge in [-0.15, -0.1) is 0 Å². The van der Waals surface area contributed by atoms with Crippen molar-refractivity contribution in [2.75, 3.05) is 0 Å². The van der Waals surface area contributed by atoms with Crippen LogP contribution in [0.4, 0.5) is 0 Å². The maximum atomic E-state index is 6.33. The number of aryl methyl sites for hydroxylation is 2. The third kappa shape index (κ3) is 3.65. The van der Waals surface area contributed by atoms with Gasteiger partial charge in [-0.05, 0) is 75.8 Å². The van der Waals surface area contributed by atoms with E-state index in [0.717, 1.165) is 12.8 Å². The van der Waals surface area contributed by atoms with E-state index in [0.29, 0.717) is 6.54 Å². The topological polar surface area (TPSA) is 36.3 Å². The van der Waals surface area contributed by atoms with E-state index in [1.165, 1.54) is 27.8 Å². The van der Waals surface area contributed by atoms with Crippen LogP contribution >= 0.6 is 0 Å². The van der Waals surface area contributed by atoms with Gasteiger partial charge >= 0.3 is 0 Å². The molecule has 0 amide bonds. The molecule has 136 valence electrons. The van der Waals surface area contributed by atoms with E-state index in [2.05, 4.69) is 52.6 Å². The van der Waals surface area contributed by atoms with E-state index >= 15 is 0 Å². The Morgan fingerprint density at radius 3 is 2.16 bits per heavy atom. The van der Waals surface area contributed by atoms with E-state index in [1.54, 1.807) is 6.20 Å². The highest BCUT2D eigenvalue weighted by molar-refractivity contribution is 5.44. The monoisotopic (exact) mass is 342 g/mol. The quantitative estimate of drug-likeness (QED) is 0.814. The Morgan fingerprint density at radius 2 is 1.64 bits per heavy atom. The molecule has 2 atom stereocenters. The van der Waals surface area contributed by atoms with Crippen LogP contribution in [0.2, 0.25) is 0 Å². The van der Waals surface area contributed by atoms with Crippen LogP contribution in [0.3, 0.4) is 0 Å². The molecule has 4 heteroatoms. The first kappa shape index (κ1) is 18.2. The molecule has 1 aliphatic heterocycles. The predicted octanol–water partition coefficient (Wildman–Crippen LogP) is 4.27. The van der Waals surface area contributed by atoms with Crippen LogP contribution < -0.4 is 0 Å². The molecule has 25 heavy (non-hydrogen) atoms. The fraction of sp³-hybridized carbons (Fsp3) is 0.571. The lowest BCUT2D eigenvalue weighted by Gasteiger charge is -2.29. The van der Waals surface area contributed by atoms with Crippen LogP contribution in [0, 0.1) is 27.7 Å². The first-order valence-electron chi connectivity index (χ1n) is 9.19. The Hall–Kier alpha value is -1.65. The molecule has 0 aliphatic carbocycles. The number of hydrogen-bond acceptors (Lipinski definition) is 3. The van der Waals surface area contributed by atoms with Crippen LogP contribution in [-0.2, 0) is 22.4 Å². The van der Waals surface area contributed by atoms with Crippen molar-refractivity contribution in [1.82, 2.24) is 9.55 Å². The molecule has 3 rings (SSSR count). The zero-order valence-electron chi connectivity index (χ0n) is 16.3. The van der Waals surface area contributed by atoms with E-state index in [4.69, 9.17) is 9.47 Å². The SMILES string of the molecule is Cc1cc(C)c(C)c(CCC2(Cn3ccnc3)OC(C)C(C)O2)c1C. The zero-order chi connectivity index (χ0) is 18.2. The second-order valence-electron chi connectivity index (χ2n) is 7.53. The second kappa shape index (κ2) is 6.93. The summed E-state index contributed by atoms with van der Waals surface area (Å²) in [5.74, 6) is -0.587. The lowest BCUT2D eigenvalue weighted by atomic mass is 9.90. The van der Waals surface area contributed by atoms with Crippen molar-refractivity contribution in [3.05, 3.63) is 52.6 Å². The average Bonchev–Trinajstić information content (AvgIpc) is 3.14. The third-order valence-electron chi connectivity index (χ3n) is 5.72. The Kier molecular flexibility index (Phi) is 5.03. The van der Waals surface area contributed by atoms with E-state index in [9.17, 15) is 0 Å². The van der Waals surface area contributed by atoms with Crippen molar-refractivity contribution in [2.45, 2.75) is 78.9 Å². The molecule has 2 heterocycles. The molecule has 4 nitrogen and oxygen atoms in total. The van der Waals surface area contributed by atoms with Gasteiger partial charge in [-0.2, -0.15) is 0 Å². The fourth-order valence-corrected chi connectivity index (χ4v) is 3.82. The molecule has 0 spiro atoms. The molecule has 0 N–H and O–H groups in total. The molecule has 1 aromatic heterocycles. The van der Waals surface area contributed by atoms with Gasteiger partial charge in [-0.1, -0.05) is 6.07 Å². The minimum atomic E-state index is -0.587. The van der Waals surface area contributed by atoms with Crippen LogP contribution in [0.25, 0.3) is 0 Å². The molecular formula is C21H30N2O2. The Bertz CT molecular complexity index is 701. The van der Waals surface area contributed by atoms with Crippen molar-refractivity contribution in [1.29, 1.82) is 0 Å². The first-order chi connectivity index (χ1) is 11.8. The molecule has 0 saturated carbocycles. The Morgan fingerprint density at radius 1 is 1.04 bits per heavy atom. The molecule has 1 fully saturated rings. The highest BCUT2D eigenvalue weighted by Crippen LogP contribution is 2.35. The summed E-state index contributed by atoms with van der Waals surface area (Å²) >= 11 is 0. The summed E-state index contributed by atoms with van der Waals surface area (Å²) in [7, 11) is 0. The molecular weight excluding hydrogens is 312 g/mol. The summed E-state index contributed by atoms with van der Waals surface area (Å²) in [5, 5.41) is 0. The highest BCUT2D eigenvalue weighted by Gasteiger charge is 2.44. The maximum absolute atomic E-state index is 6.33.